The molecular formula is C11H11N3O3S. The summed E-state index contributed by atoms with van der Waals surface area (Å²) >= 11 is 5.02. The van der Waals surface area contributed by atoms with Crippen molar-refractivity contribution in [2.75, 3.05) is 6.79 Å². The Morgan fingerprint density at radius 2 is 2.28 bits per heavy atom. The molecule has 1 aliphatic heterocycles. The van der Waals surface area contributed by atoms with Crippen LogP contribution in [0.25, 0.3) is 0 Å². The fourth-order valence-electron chi connectivity index (χ4n) is 1.62. The highest BCUT2D eigenvalue weighted by Crippen LogP contribution is 2.35. The van der Waals surface area contributed by atoms with Gasteiger partial charge in [0.05, 0.1) is 0 Å². The number of hydrogen-bond donors (Lipinski definition) is 1. The molecule has 0 aliphatic carbocycles. The van der Waals surface area contributed by atoms with E-state index in [-0.39, 0.29) is 6.79 Å². The highest BCUT2D eigenvalue weighted by atomic mass is 32.1. The second-order valence-electron chi connectivity index (χ2n) is 3.81. The Labute approximate surface area is 108 Å². The first-order chi connectivity index (χ1) is 8.74. The Morgan fingerprint density at radius 1 is 1.44 bits per heavy atom. The van der Waals surface area contributed by atoms with Crippen LogP contribution in [-0.2, 0) is 13.7 Å². The smallest absolute Gasteiger partial charge is 0.231 e. The molecule has 0 saturated carbocycles. The maximum absolute atomic E-state index is 5.63. The van der Waals surface area contributed by atoms with Crippen molar-refractivity contribution in [3.05, 3.63) is 28.8 Å². The molecular weight excluding hydrogens is 254 g/mol. The van der Waals surface area contributed by atoms with Crippen molar-refractivity contribution in [2.24, 2.45) is 7.05 Å². The maximum Gasteiger partial charge on any atom is 0.231 e. The summed E-state index contributed by atoms with van der Waals surface area (Å²) in [6, 6.07) is 5.44. The first-order valence-electron chi connectivity index (χ1n) is 5.37. The van der Waals surface area contributed by atoms with Crippen LogP contribution >= 0.6 is 12.2 Å². The number of rotatable bonds is 3. The van der Waals surface area contributed by atoms with E-state index in [2.05, 4.69) is 10.2 Å². The van der Waals surface area contributed by atoms with Crippen LogP contribution in [0.15, 0.2) is 18.2 Å². The van der Waals surface area contributed by atoms with Crippen molar-refractivity contribution in [1.29, 1.82) is 0 Å². The van der Waals surface area contributed by atoms with Gasteiger partial charge in [0.2, 0.25) is 6.79 Å². The van der Waals surface area contributed by atoms with E-state index in [1.54, 1.807) is 10.6 Å². The van der Waals surface area contributed by atoms with Crippen LogP contribution in [0.2, 0.25) is 0 Å². The molecule has 1 aromatic carbocycles. The molecule has 0 spiro atoms. The molecule has 0 unspecified atom stereocenters. The predicted molar refractivity (Wildman–Crippen MR) is 65.3 cm³/mol. The van der Waals surface area contributed by atoms with Crippen LogP contribution < -0.4 is 14.2 Å². The van der Waals surface area contributed by atoms with E-state index in [0.29, 0.717) is 22.9 Å². The molecule has 2 heterocycles. The van der Waals surface area contributed by atoms with Gasteiger partial charge in [0.15, 0.2) is 22.1 Å². The summed E-state index contributed by atoms with van der Waals surface area (Å²) in [5.41, 5.74) is 0. The predicted octanol–water partition coefficient (Wildman–Crippen LogP) is 1.79. The van der Waals surface area contributed by atoms with Gasteiger partial charge in [-0.3, -0.25) is 5.10 Å². The maximum atomic E-state index is 5.63. The Bertz CT molecular complexity index is 635. The lowest BCUT2D eigenvalue weighted by atomic mass is 10.3. The van der Waals surface area contributed by atoms with Gasteiger partial charge >= 0.3 is 0 Å². The molecule has 1 aromatic heterocycles. The van der Waals surface area contributed by atoms with Gasteiger partial charge in [-0.05, 0) is 24.4 Å². The molecule has 7 heteroatoms. The standard InChI is InChI=1S/C11H11N3O3S/c1-14-10(12-13-11(14)18)5-15-7-2-3-8-9(4-7)17-6-16-8/h2-4H,5-6H2,1H3,(H,13,18). The molecule has 1 N–H and O–H groups in total. The first kappa shape index (κ1) is 11.1. The number of benzene rings is 1. The lowest BCUT2D eigenvalue weighted by Gasteiger charge is -2.06. The number of aromatic amines is 1. The summed E-state index contributed by atoms with van der Waals surface area (Å²) in [6.07, 6.45) is 0. The molecule has 0 saturated heterocycles. The molecule has 0 atom stereocenters. The number of fused-ring (bicyclic) bond motifs is 1. The minimum atomic E-state index is 0.256. The highest BCUT2D eigenvalue weighted by Gasteiger charge is 2.14. The van der Waals surface area contributed by atoms with Crippen LogP contribution in [0.1, 0.15) is 5.82 Å². The van der Waals surface area contributed by atoms with E-state index in [9.17, 15) is 0 Å². The van der Waals surface area contributed by atoms with Crippen LogP contribution in [-0.4, -0.2) is 21.6 Å². The zero-order valence-electron chi connectivity index (χ0n) is 9.67. The number of H-pyrrole nitrogens is 1. The van der Waals surface area contributed by atoms with Gasteiger partial charge in [-0.15, -0.1) is 0 Å². The summed E-state index contributed by atoms with van der Waals surface area (Å²) in [5, 5.41) is 6.77. The van der Waals surface area contributed by atoms with Crippen LogP contribution in [0.5, 0.6) is 17.2 Å². The van der Waals surface area contributed by atoms with Gasteiger partial charge in [-0.2, -0.15) is 5.10 Å². The van der Waals surface area contributed by atoms with Crippen LogP contribution in [0.3, 0.4) is 0 Å². The zero-order valence-corrected chi connectivity index (χ0v) is 10.5. The van der Waals surface area contributed by atoms with Crippen molar-refractivity contribution < 1.29 is 14.2 Å². The van der Waals surface area contributed by atoms with E-state index < -0.39 is 0 Å². The second-order valence-corrected chi connectivity index (χ2v) is 4.19. The minimum absolute atomic E-state index is 0.256. The van der Waals surface area contributed by atoms with Gasteiger partial charge in [0.25, 0.3) is 0 Å². The lowest BCUT2D eigenvalue weighted by Crippen LogP contribution is -2.03. The SMILES string of the molecule is Cn1c(COc2ccc3c(c2)OCO3)n[nH]c1=S. The average molecular weight is 265 g/mol. The van der Waals surface area contributed by atoms with E-state index in [4.69, 9.17) is 26.4 Å². The van der Waals surface area contributed by atoms with Crippen molar-refractivity contribution in [3.63, 3.8) is 0 Å². The van der Waals surface area contributed by atoms with Gasteiger partial charge in [-0.1, -0.05) is 0 Å². The van der Waals surface area contributed by atoms with Gasteiger partial charge < -0.3 is 18.8 Å². The van der Waals surface area contributed by atoms with E-state index in [0.717, 1.165) is 11.6 Å². The molecule has 6 nitrogen and oxygen atoms in total. The van der Waals surface area contributed by atoms with Crippen LogP contribution in [0.4, 0.5) is 0 Å². The topological polar surface area (TPSA) is 61.3 Å². The fraction of sp³-hybridized carbons (Fsp3) is 0.273. The summed E-state index contributed by atoms with van der Waals surface area (Å²) < 4.78 is 18.5. The van der Waals surface area contributed by atoms with E-state index >= 15 is 0 Å². The monoisotopic (exact) mass is 265 g/mol. The van der Waals surface area contributed by atoms with Crippen molar-refractivity contribution in [3.8, 4) is 17.2 Å². The zero-order chi connectivity index (χ0) is 12.5. The normalized spacial score (nSPS) is 12.7. The largest absolute Gasteiger partial charge is 0.485 e. The Morgan fingerprint density at radius 3 is 3.06 bits per heavy atom. The van der Waals surface area contributed by atoms with E-state index in [1.807, 2.05) is 19.2 Å². The average Bonchev–Trinajstić information content (AvgIpc) is 2.96. The fourth-order valence-corrected chi connectivity index (χ4v) is 1.77. The van der Waals surface area contributed by atoms with Gasteiger partial charge in [-0.25, -0.2) is 0 Å². The van der Waals surface area contributed by atoms with Crippen molar-refractivity contribution >= 4 is 12.2 Å². The summed E-state index contributed by atoms with van der Waals surface area (Å²) in [4.78, 5) is 0. The Kier molecular flexibility index (Phi) is 2.67. The molecule has 3 rings (SSSR count). The number of nitrogens with zero attached hydrogens (tertiary/aromatic N) is 2. The minimum Gasteiger partial charge on any atom is -0.485 e. The number of aromatic nitrogens is 3. The molecule has 0 amide bonds. The summed E-state index contributed by atoms with van der Waals surface area (Å²) in [5.74, 6) is 2.87. The number of ether oxygens (including phenoxy) is 3. The molecule has 0 radical (unpaired) electrons. The van der Waals surface area contributed by atoms with Crippen molar-refractivity contribution in [1.82, 2.24) is 14.8 Å². The van der Waals surface area contributed by atoms with Crippen molar-refractivity contribution in [2.45, 2.75) is 6.61 Å². The number of nitrogens with one attached hydrogen (secondary N) is 1. The van der Waals surface area contributed by atoms with Gasteiger partial charge in [0, 0.05) is 13.1 Å². The second kappa shape index (κ2) is 4.34. The molecule has 1 aliphatic rings. The molecule has 2 aromatic rings. The lowest BCUT2D eigenvalue weighted by molar-refractivity contribution is 0.173. The Hall–Kier alpha value is -2.02. The number of hydrogen-bond acceptors (Lipinski definition) is 5. The highest BCUT2D eigenvalue weighted by molar-refractivity contribution is 7.71. The quantitative estimate of drug-likeness (QED) is 0.857. The van der Waals surface area contributed by atoms with Crippen LogP contribution in [0, 0.1) is 4.77 Å². The first-order valence-corrected chi connectivity index (χ1v) is 5.77. The van der Waals surface area contributed by atoms with Gasteiger partial charge in [0.1, 0.15) is 12.4 Å². The summed E-state index contributed by atoms with van der Waals surface area (Å²) in [7, 11) is 1.84. The molecule has 94 valence electrons. The summed E-state index contributed by atoms with van der Waals surface area (Å²) in [6.45, 7) is 0.593. The third kappa shape index (κ3) is 1.92. The third-order valence-corrected chi connectivity index (χ3v) is 3.05. The molecule has 18 heavy (non-hydrogen) atoms. The Balaban J connectivity index is 1.74. The van der Waals surface area contributed by atoms with E-state index in [1.165, 1.54) is 0 Å². The molecule has 0 bridgehead atoms. The third-order valence-electron chi connectivity index (χ3n) is 2.68. The molecule has 0 fully saturated rings.